The third-order valence-corrected chi connectivity index (χ3v) is 4.85. The summed E-state index contributed by atoms with van der Waals surface area (Å²) in [6, 6.07) is 15.2. The molecule has 0 unspecified atom stereocenters. The Kier molecular flexibility index (Phi) is 4.57. The molecular weight excluding hydrogens is 356 g/mol. The van der Waals surface area contributed by atoms with E-state index in [-0.39, 0.29) is 18.0 Å². The molecule has 1 amide bonds. The summed E-state index contributed by atoms with van der Waals surface area (Å²) in [6.07, 6.45) is 1.65. The van der Waals surface area contributed by atoms with Gasteiger partial charge in [0.25, 0.3) is 5.56 Å². The molecule has 7 nitrogen and oxygen atoms in total. The lowest BCUT2D eigenvalue weighted by atomic mass is 10.2. The summed E-state index contributed by atoms with van der Waals surface area (Å²) >= 11 is 0. The Balaban J connectivity index is 1.55. The molecule has 0 radical (unpaired) electrons. The zero-order valence-corrected chi connectivity index (χ0v) is 15.7. The number of amides is 1. The van der Waals surface area contributed by atoms with Crippen molar-refractivity contribution in [3.8, 4) is 5.75 Å². The van der Waals surface area contributed by atoms with Crippen LogP contribution < -0.4 is 15.6 Å². The minimum atomic E-state index is -0.282. The van der Waals surface area contributed by atoms with Gasteiger partial charge in [-0.1, -0.05) is 30.3 Å². The number of carbonyl (C=O) groups excluding carboxylic acids is 1. The van der Waals surface area contributed by atoms with Gasteiger partial charge in [-0.05, 0) is 23.8 Å². The molecule has 28 heavy (non-hydrogen) atoms. The molecule has 1 N–H and O–H groups in total. The number of fused-ring (bicyclic) bond motifs is 3. The predicted octanol–water partition coefficient (Wildman–Crippen LogP) is 2.21. The van der Waals surface area contributed by atoms with Crippen LogP contribution in [0, 0.1) is 0 Å². The summed E-state index contributed by atoms with van der Waals surface area (Å²) in [5, 5.41) is 8.78. The summed E-state index contributed by atoms with van der Waals surface area (Å²) in [4.78, 5) is 25.2. The van der Waals surface area contributed by atoms with Gasteiger partial charge in [0.2, 0.25) is 5.91 Å². The number of aryl methyl sites for hydroxylation is 1. The van der Waals surface area contributed by atoms with Gasteiger partial charge >= 0.3 is 0 Å². The average Bonchev–Trinajstić information content (AvgIpc) is 3.02. The van der Waals surface area contributed by atoms with Gasteiger partial charge in [-0.2, -0.15) is 5.10 Å². The van der Waals surface area contributed by atoms with Crippen molar-refractivity contribution in [1.82, 2.24) is 19.7 Å². The Morgan fingerprint density at radius 2 is 1.86 bits per heavy atom. The predicted molar refractivity (Wildman–Crippen MR) is 107 cm³/mol. The number of ether oxygens (including phenoxy) is 1. The highest BCUT2D eigenvalue weighted by atomic mass is 16.5. The van der Waals surface area contributed by atoms with E-state index >= 15 is 0 Å². The van der Waals surface area contributed by atoms with Crippen molar-refractivity contribution in [2.75, 3.05) is 7.11 Å². The number of hydrogen-bond donors (Lipinski definition) is 1. The molecule has 142 valence electrons. The Morgan fingerprint density at radius 3 is 2.61 bits per heavy atom. The lowest BCUT2D eigenvalue weighted by Gasteiger charge is -2.08. The maximum absolute atomic E-state index is 12.9. The number of nitrogens with zero attached hydrogens (tertiary/aromatic N) is 3. The van der Waals surface area contributed by atoms with Crippen LogP contribution in [0.5, 0.6) is 5.75 Å². The number of carbonyl (C=O) groups is 1. The van der Waals surface area contributed by atoms with Crippen LogP contribution in [0.2, 0.25) is 0 Å². The first-order valence-corrected chi connectivity index (χ1v) is 8.91. The van der Waals surface area contributed by atoms with Crippen molar-refractivity contribution in [2.45, 2.75) is 13.1 Å². The number of benzene rings is 2. The lowest BCUT2D eigenvalue weighted by molar-refractivity contribution is -0.122. The normalized spacial score (nSPS) is 11.1. The molecule has 2 aromatic carbocycles. The Bertz CT molecular complexity index is 1220. The van der Waals surface area contributed by atoms with Gasteiger partial charge in [0.1, 0.15) is 17.8 Å². The van der Waals surface area contributed by atoms with Crippen LogP contribution in [-0.4, -0.2) is 27.4 Å². The van der Waals surface area contributed by atoms with E-state index in [2.05, 4.69) is 10.4 Å². The fourth-order valence-electron chi connectivity index (χ4n) is 3.36. The first kappa shape index (κ1) is 17.8. The molecule has 0 saturated carbocycles. The van der Waals surface area contributed by atoms with Crippen molar-refractivity contribution in [3.05, 3.63) is 70.6 Å². The average molecular weight is 376 g/mol. The molecule has 0 aliphatic carbocycles. The van der Waals surface area contributed by atoms with Crippen LogP contribution in [0.15, 0.2) is 59.5 Å². The van der Waals surface area contributed by atoms with Crippen molar-refractivity contribution >= 4 is 27.7 Å². The second-order valence-corrected chi connectivity index (χ2v) is 6.57. The molecule has 0 aliphatic rings. The zero-order valence-electron chi connectivity index (χ0n) is 15.7. The van der Waals surface area contributed by atoms with Crippen LogP contribution in [0.4, 0.5) is 0 Å². The maximum Gasteiger partial charge on any atom is 0.291 e. The smallest absolute Gasteiger partial charge is 0.291 e. The van der Waals surface area contributed by atoms with E-state index in [1.165, 1.54) is 4.68 Å². The van der Waals surface area contributed by atoms with Gasteiger partial charge in [0, 0.05) is 29.9 Å². The summed E-state index contributed by atoms with van der Waals surface area (Å²) in [5.41, 5.74) is 2.16. The minimum absolute atomic E-state index is 0.132. The molecular formula is C21H20N4O3. The third-order valence-electron chi connectivity index (χ3n) is 4.85. The summed E-state index contributed by atoms with van der Waals surface area (Å²) in [6.45, 7) is 0.236. The van der Waals surface area contributed by atoms with Gasteiger partial charge in [-0.25, -0.2) is 4.68 Å². The molecule has 0 aliphatic heterocycles. The summed E-state index contributed by atoms with van der Waals surface area (Å²) in [5.74, 6) is 0.484. The van der Waals surface area contributed by atoms with Crippen LogP contribution in [0.25, 0.3) is 21.8 Å². The van der Waals surface area contributed by atoms with Crippen molar-refractivity contribution in [1.29, 1.82) is 0 Å². The molecule has 0 bridgehead atoms. The van der Waals surface area contributed by atoms with Crippen LogP contribution in [0.3, 0.4) is 0 Å². The first-order valence-electron chi connectivity index (χ1n) is 8.91. The van der Waals surface area contributed by atoms with E-state index < -0.39 is 0 Å². The van der Waals surface area contributed by atoms with Crippen LogP contribution >= 0.6 is 0 Å². The quantitative estimate of drug-likeness (QED) is 0.579. The Labute approximate surface area is 161 Å². The standard InChI is InChI=1S/C21H20N4O3/c1-24-18-6-4-3-5-16(18)17-12-23-25(21(27)20(17)24)13-19(26)22-11-14-7-9-15(28-2)10-8-14/h3-10,12H,11,13H2,1-2H3,(H,22,26). The SMILES string of the molecule is COc1ccc(CNC(=O)Cn2ncc3c4ccccc4n(C)c3c2=O)cc1. The van der Waals surface area contributed by atoms with E-state index in [4.69, 9.17) is 4.74 Å². The highest BCUT2D eigenvalue weighted by molar-refractivity contribution is 6.07. The molecule has 0 spiro atoms. The fourth-order valence-corrected chi connectivity index (χ4v) is 3.36. The van der Waals surface area contributed by atoms with Gasteiger partial charge in [0.05, 0.1) is 13.3 Å². The highest BCUT2D eigenvalue weighted by Gasteiger charge is 2.14. The third kappa shape index (κ3) is 3.11. The van der Waals surface area contributed by atoms with Crippen molar-refractivity contribution in [3.63, 3.8) is 0 Å². The van der Waals surface area contributed by atoms with E-state index in [0.29, 0.717) is 12.1 Å². The van der Waals surface area contributed by atoms with Gasteiger partial charge in [-0.3, -0.25) is 9.59 Å². The number of methoxy groups -OCH3 is 1. The molecule has 2 aromatic heterocycles. The zero-order chi connectivity index (χ0) is 19.7. The van der Waals surface area contributed by atoms with E-state index in [1.54, 1.807) is 13.3 Å². The number of hydrogen-bond acceptors (Lipinski definition) is 4. The monoisotopic (exact) mass is 376 g/mol. The van der Waals surface area contributed by atoms with E-state index in [0.717, 1.165) is 27.6 Å². The molecule has 7 heteroatoms. The summed E-state index contributed by atoms with van der Waals surface area (Å²) in [7, 11) is 3.45. The van der Waals surface area contributed by atoms with Crippen LogP contribution in [0.1, 0.15) is 5.56 Å². The molecule has 2 heterocycles. The van der Waals surface area contributed by atoms with E-state index in [9.17, 15) is 9.59 Å². The fraction of sp³-hybridized carbons (Fsp3) is 0.190. The largest absolute Gasteiger partial charge is 0.497 e. The topological polar surface area (TPSA) is 78.2 Å². The minimum Gasteiger partial charge on any atom is -0.497 e. The second kappa shape index (κ2) is 7.19. The van der Waals surface area contributed by atoms with Gasteiger partial charge < -0.3 is 14.6 Å². The van der Waals surface area contributed by atoms with Crippen molar-refractivity contribution < 1.29 is 9.53 Å². The Morgan fingerprint density at radius 1 is 1.11 bits per heavy atom. The van der Waals surface area contributed by atoms with E-state index in [1.807, 2.05) is 60.1 Å². The van der Waals surface area contributed by atoms with Gasteiger partial charge in [0.15, 0.2) is 0 Å². The maximum atomic E-state index is 12.9. The number of nitrogens with one attached hydrogen (secondary N) is 1. The summed E-state index contributed by atoms with van der Waals surface area (Å²) < 4.78 is 8.16. The molecule has 0 atom stereocenters. The number of para-hydroxylation sites is 1. The van der Waals surface area contributed by atoms with Crippen LogP contribution in [-0.2, 0) is 24.9 Å². The highest BCUT2D eigenvalue weighted by Crippen LogP contribution is 2.24. The molecule has 0 fully saturated rings. The number of aromatic nitrogens is 3. The number of rotatable bonds is 5. The lowest BCUT2D eigenvalue weighted by Crippen LogP contribution is -2.33. The molecule has 4 aromatic rings. The molecule has 4 rings (SSSR count). The van der Waals surface area contributed by atoms with Gasteiger partial charge in [-0.15, -0.1) is 0 Å². The second-order valence-electron chi connectivity index (χ2n) is 6.57. The Hall–Kier alpha value is -3.61. The first-order chi connectivity index (χ1) is 13.6. The van der Waals surface area contributed by atoms with Crippen molar-refractivity contribution in [2.24, 2.45) is 7.05 Å². The molecule has 0 saturated heterocycles.